The summed E-state index contributed by atoms with van der Waals surface area (Å²) in [6.45, 7) is 3.50. The second kappa shape index (κ2) is 9.13. The summed E-state index contributed by atoms with van der Waals surface area (Å²) >= 11 is 0. The smallest absolute Gasteiger partial charge is 0.239 e. The van der Waals surface area contributed by atoms with E-state index in [-0.39, 0.29) is 24.1 Å². The van der Waals surface area contributed by atoms with Crippen molar-refractivity contribution in [2.75, 3.05) is 26.2 Å². The number of hydrazine groups is 1. The van der Waals surface area contributed by atoms with Gasteiger partial charge in [0.25, 0.3) is 0 Å². The first-order valence-electron chi connectivity index (χ1n) is 10.8. The van der Waals surface area contributed by atoms with Crippen LogP contribution in [0.15, 0.2) is 0 Å². The molecule has 4 fully saturated rings. The van der Waals surface area contributed by atoms with Crippen LogP contribution in [0.5, 0.6) is 0 Å². The summed E-state index contributed by atoms with van der Waals surface area (Å²) in [5, 5.41) is 8.59. The highest BCUT2D eigenvalue weighted by molar-refractivity contribution is 5.82. The molecule has 3 heterocycles. The number of alkyl halides is 1. The highest BCUT2D eigenvalue weighted by Gasteiger charge is 2.41. The first-order chi connectivity index (χ1) is 13.2. The van der Waals surface area contributed by atoms with Crippen molar-refractivity contribution in [2.24, 2.45) is 5.92 Å². The molecular weight excluding hydrogens is 349 g/mol. The summed E-state index contributed by atoms with van der Waals surface area (Å²) in [7, 11) is 0. The molecule has 1 saturated carbocycles. The zero-order chi connectivity index (χ0) is 18.6. The topological polar surface area (TPSA) is 77.7 Å². The molecule has 8 heteroatoms. The number of piperidine rings is 1. The monoisotopic (exact) mass is 383 g/mol. The van der Waals surface area contributed by atoms with Gasteiger partial charge in [-0.3, -0.25) is 15.1 Å². The van der Waals surface area contributed by atoms with Gasteiger partial charge in [-0.25, -0.2) is 9.40 Å². The lowest BCUT2D eigenvalue weighted by molar-refractivity contribution is -0.125. The van der Waals surface area contributed by atoms with Crippen LogP contribution in [0.4, 0.5) is 4.39 Å². The largest absolute Gasteiger partial charge is 0.349 e. The molecule has 1 aliphatic carbocycles. The number of hydrogen-bond acceptors (Lipinski definition) is 6. The number of carbonyl (C=O) groups excluding carboxylic acids is 1. The molecule has 27 heavy (non-hydrogen) atoms. The Morgan fingerprint density at radius 2 is 2.04 bits per heavy atom. The van der Waals surface area contributed by atoms with Gasteiger partial charge in [0.2, 0.25) is 5.91 Å². The van der Waals surface area contributed by atoms with Gasteiger partial charge < -0.3 is 10.6 Å². The Morgan fingerprint density at radius 1 is 1.19 bits per heavy atom. The summed E-state index contributed by atoms with van der Waals surface area (Å²) in [4.78, 5) is 18.1. The highest BCUT2D eigenvalue weighted by atomic mass is 19.1. The van der Waals surface area contributed by atoms with Crippen LogP contribution in [0.2, 0.25) is 0 Å². The maximum Gasteiger partial charge on any atom is 0.239 e. The number of hydroxylamine groups is 1. The SMILES string of the molecule is O=C(NC1CNN(CC2CCCCC2)C1)C1CC(C2NCCCC2F)ON1. The van der Waals surface area contributed by atoms with Crippen LogP contribution in [0.3, 0.4) is 0 Å². The Bertz CT molecular complexity index is 504. The normalized spacial score (nSPS) is 38.9. The molecule has 5 unspecified atom stereocenters. The average molecular weight is 384 g/mol. The summed E-state index contributed by atoms with van der Waals surface area (Å²) in [6.07, 6.45) is 7.46. The van der Waals surface area contributed by atoms with Crippen molar-refractivity contribution in [1.29, 1.82) is 0 Å². The summed E-state index contributed by atoms with van der Waals surface area (Å²) < 4.78 is 14.1. The van der Waals surface area contributed by atoms with E-state index in [1.165, 1.54) is 32.1 Å². The molecule has 7 nitrogen and oxygen atoms in total. The molecule has 3 aliphatic heterocycles. The number of nitrogens with one attached hydrogen (secondary N) is 4. The lowest BCUT2D eigenvalue weighted by atomic mass is 9.89. The third-order valence-electron chi connectivity index (χ3n) is 6.52. The zero-order valence-electron chi connectivity index (χ0n) is 16.1. The van der Waals surface area contributed by atoms with E-state index in [9.17, 15) is 9.18 Å². The van der Waals surface area contributed by atoms with Crippen molar-refractivity contribution in [1.82, 2.24) is 26.5 Å². The lowest BCUT2D eigenvalue weighted by Crippen LogP contribution is -2.50. The Hall–Kier alpha value is -0.800. The fourth-order valence-electron chi connectivity index (χ4n) is 4.97. The Balaban J connectivity index is 1.19. The van der Waals surface area contributed by atoms with Crippen LogP contribution in [0, 0.1) is 5.92 Å². The Labute approximate surface area is 161 Å². The molecule has 1 amide bonds. The van der Waals surface area contributed by atoms with Gasteiger partial charge in [0.1, 0.15) is 12.2 Å². The van der Waals surface area contributed by atoms with E-state index >= 15 is 0 Å². The van der Waals surface area contributed by atoms with E-state index in [0.717, 1.165) is 38.5 Å². The lowest BCUT2D eigenvalue weighted by Gasteiger charge is -2.30. The predicted molar refractivity (Wildman–Crippen MR) is 100 cm³/mol. The number of nitrogens with zero attached hydrogens (tertiary/aromatic N) is 1. The maximum atomic E-state index is 14.1. The van der Waals surface area contributed by atoms with Crippen LogP contribution in [-0.4, -0.2) is 67.5 Å². The van der Waals surface area contributed by atoms with Gasteiger partial charge >= 0.3 is 0 Å². The second-order valence-corrected chi connectivity index (χ2v) is 8.68. The van der Waals surface area contributed by atoms with E-state index < -0.39 is 12.2 Å². The molecule has 0 spiro atoms. The minimum atomic E-state index is -0.903. The van der Waals surface area contributed by atoms with Gasteiger partial charge in [0, 0.05) is 26.1 Å². The average Bonchev–Trinajstić information content (AvgIpc) is 3.33. The van der Waals surface area contributed by atoms with Crippen molar-refractivity contribution < 1.29 is 14.0 Å². The van der Waals surface area contributed by atoms with Gasteiger partial charge in [-0.15, -0.1) is 0 Å². The summed E-state index contributed by atoms with van der Waals surface area (Å²) in [6, 6.07) is -0.606. The Kier molecular flexibility index (Phi) is 6.60. The molecule has 0 aromatic heterocycles. The number of halogens is 1. The second-order valence-electron chi connectivity index (χ2n) is 8.68. The van der Waals surface area contributed by atoms with Crippen LogP contribution >= 0.6 is 0 Å². The fourth-order valence-corrected chi connectivity index (χ4v) is 4.97. The van der Waals surface area contributed by atoms with Crippen molar-refractivity contribution in [3.63, 3.8) is 0 Å². The number of amides is 1. The standard InChI is InChI=1S/C19H34FN5O2/c20-15-7-4-8-21-18(15)17-9-16(24-27-17)19(26)23-14-10-22-25(12-14)11-13-5-2-1-3-6-13/h13-18,21-22,24H,1-12H2,(H,23,26). The maximum absolute atomic E-state index is 14.1. The molecule has 5 atom stereocenters. The van der Waals surface area contributed by atoms with E-state index in [2.05, 4.69) is 26.5 Å². The van der Waals surface area contributed by atoms with Crippen LogP contribution in [0.25, 0.3) is 0 Å². The first kappa shape index (κ1) is 19.5. The quantitative estimate of drug-likeness (QED) is 0.558. The van der Waals surface area contributed by atoms with Gasteiger partial charge in [0.05, 0.1) is 18.2 Å². The molecule has 3 saturated heterocycles. The molecule has 154 valence electrons. The number of carbonyl (C=O) groups is 1. The minimum Gasteiger partial charge on any atom is -0.349 e. The molecule has 0 radical (unpaired) electrons. The van der Waals surface area contributed by atoms with E-state index in [4.69, 9.17) is 4.84 Å². The molecule has 4 rings (SSSR count). The summed E-state index contributed by atoms with van der Waals surface area (Å²) in [5.41, 5.74) is 6.25. The van der Waals surface area contributed by atoms with Crippen molar-refractivity contribution in [2.45, 2.75) is 81.8 Å². The highest BCUT2D eigenvalue weighted by Crippen LogP contribution is 2.25. The first-order valence-corrected chi connectivity index (χ1v) is 10.8. The molecule has 4 aliphatic rings. The third kappa shape index (κ3) is 4.98. The fraction of sp³-hybridized carbons (Fsp3) is 0.947. The zero-order valence-corrected chi connectivity index (χ0v) is 16.1. The molecule has 4 N–H and O–H groups in total. The van der Waals surface area contributed by atoms with Gasteiger partial charge in [0.15, 0.2) is 0 Å². The van der Waals surface area contributed by atoms with Crippen molar-refractivity contribution in [3.8, 4) is 0 Å². The molecular formula is C19H34FN5O2. The number of rotatable bonds is 5. The van der Waals surface area contributed by atoms with Crippen LogP contribution in [0.1, 0.15) is 51.4 Å². The van der Waals surface area contributed by atoms with Crippen molar-refractivity contribution >= 4 is 5.91 Å². The van der Waals surface area contributed by atoms with E-state index in [0.29, 0.717) is 12.8 Å². The summed E-state index contributed by atoms with van der Waals surface area (Å²) in [5.74, 6) is 0.734. The van der Waals surface area contributed by atoms with Crippen LogP contribution < -0.4 is 21.5 Å². The molecule has 0 bridgehead atoms. The van der Waals surface area contributed by atoms with Gasteiger partial charge in [-0.05, 0) is 38.1 Å². The van der Waals surface area contributed by atoms with E-state index in [1.54, 1.807) is 0 Å². The minimum absolute atomic E-state index is 0.0463. The van der Waals surface area contributed by atoms with Crippen LogP contribution in [-0.2, 0) is 9.63 Å². The van der Waals surface area contributed by atoms with Gasteiger partial charge in [-0.1, -0.05) is 19.3 Å². The van der Waals surface area contributed by atoms with E-state index in [1.807, 2.05) is 0 Å². The Morgan fingerprint density at radius 3 is 2.85 bits per heavy atom. The molecule has 0 aromatic rings. The van der Waals surface area contributed by atoms with Crippen molar-refractivity contribution in [3.05, 3.63) is 0 Å². The predicted octanol–water partition coefficient (Wildman–Crippen LogP) is 0.624. The third-order valence-corrected chi connectivity index (χ3v) is 6.52. The molecule has 0 aromatic carbocycles. The van der Waals surface area contributed by atoms with Gasteiger partial charge in [-0.2, -0.15) is 5.48 Å². The number of hydrogen-bond donors (Lipinski definition) is 4.